The first kappa shape index (κ1) is 24.8. The number of imide groups is 1. The van der Waals surface area contributed by atoms with Gasteiger partial charge in [0.05, 0.1) is 28.5 Å². The van der Waals surface area contributed by atoms with E-state index in [1.165, 1.54) is 23.1 Å². The zero-order valence-electron chi connectivity index (χ0n) is 21.0. The van der Waals surface area contributed by atoms with Gasteiger partial charge in [-0.25, -0.2) is 4.90 Å². The number of nitro benzene ring substituents is 1. The predicted octanol–water partition coefficient (Wildman–Crippen LogP) is 5.02. The summed E-state index contributed by atoms with van der Waals surface area (Å²) in [6.45, 7) is 3.79. The number of anilines is 2. The van der Waals surface area contributed by atoms with E-state index in [4.69, 9.17) is 11.6 Å². The van der Waals surface area contributed by atoms with Crippen LogP contribution >= 0.6 is 11.6 Å². The molecule has 4 atom stereocenters. The van der Waals surface area contributed by atoms with Crippen LogP contribution in [-0.2, 0) is 14.4 Å². The number of aryl methyl sites for hydroxylation is 2. The van der Waals surface area contributed by atoms with E-state index in [0.29, 0.717) is 5.69 Å². The van der Waals surface area contributed by atoms with E-state index in [2.05, 4.69) is 5.32 Å². The van der Waals surface area contributed by atoms with Crippen molar-refractivity contribution >= 4 is 52.5 Å². The maximum Gasteiger partial charge on any atom is 0.289 e. The molecule has 3 aromatic carbocycles. The van der Waals surface area contributed by atoms with Gasteiger partial charge in [0.1, 0.15) is 11.1 Å². The highest BCUT2D eigenvalue weighted by atomic mass is 35.5. The third-order valence-electron chi connectivity index (χ3n) is 7.61. The van der Waals surface area contributed by atoms with Gasteiger partial charge in [-0.3, -0.25) is 24.5 Å². The monoisotopic (exact) mass is 542 g/mol. The summed E-state index contributed by atoms with van der Waals surface area (Å²) in [7, 11) is 0. The van der Waals surface area contributed by atoms with Gasteiger partial charge in [-0.1, -0.05) is 41.9 Å². The van der Waals surface area contributed by atoms with Crippen LogP contribution in [0.3, 0.4) is 0 Å². The van der Waals surface area contributed by atoms with Crippen molar-refractivity contribution in [3.63, 3.8) is 0 Å². The van der Waals surface area contributed by atoms with E-state index >= 15 is 0 Å². The largest absolute Gasteiger partial charge is 0.357 e. The van der Waals surface area contributed by atoms with Gasteiger partial charge in [0.15, 0.2) is 0 Å². The van der Waals surface area contributed by atoms with Crippen molar-refractivity contribution in [1.82, 2.24) is 4.90 Å². The van der Waals surface area contributed by atoms with Crippen molar-refractivity contribution in [1.29, 1.82) is 0 Å². The van der Waals surface area contributed by atoms with E-state index in [0.717, 1.165) is 22.3 Å². The molecule has 0 spiro atoms. The average Bonchev–Trinajstić information content (AvgIpc) is 3.37. The van der Waals surface area contributed by atoms with E-state index in [1.54, 1.807) is 23.2 Å². The molecule has 3 heterocycles. The normalized spacial score (nSPS) is 22.9. The molecular weight excluding hydrogens is 520 g/mol. The summed E-state index contributed by atoms with van der Waals surface area (Å²) >= 11 is 5.94. The summed E-state index contributed by atoms with van der Waals surface area (Å²) in [5.74, 6) is -3.09. The number of hydrogen-bond acceptors (Lipinski definition) is 6. The molecule has 0 saturated carbocycles. The maximum absolute atomic E-state index is 14.0. The van der Waals surface area contributed by atoms with Crippen molar-refractivity contribution in [3.05, 3.63) is 104 Å². The Kier molecular flexibility index (Phi) is 5.76. The molecule has 196 valence electrons. The second-order valence-corrected chi connectivity index (χ2v) is 10.5. The molecule has 0 bridgehead atoms. The summed E-state index contributed by atoms with van der Waals surface area (Å²) < 4.78 is 0. The fourth-order valence-corrected chi connectivity index (χ4v) is 6.32. The summed E-state index contributed by atoms with van der Waals surface area (Å²) in [5.41, 5.74) is 3.89. The van der Waals surface area contributed by atoms with Crippen molar-refractivity contribution < 1.29 is 19.3 Å². The molecule has 3 aliphatic rings. The predicted molar refractivity (Wildman–Crippen MR) is 146 cm³/mol. The molecular formula is C29H23ClN4O5. The zero-order chi connectivity index (χ0) is 27.6. The quantitative estimate of drug-likeness (QED) is 0.281. The van der Waals surface area contributed by atoms with Crippen molar-refractivity contribution in [2.75, 3.05) is 10.2 Å². The minimum absolute atomic E-state index is 0.0600. The van der Waals surface area contributed by atoms with Gasteiger partial charge in [0, 0.05) is 18.0 Å². The highest BCUT2D eigenvalue weighted by Crippen LogP contribution is 2.53. The van der Waals surface area contributed by atoms with Crippen LogP contribution in [0.15, 0.2) is 66.9 Å². The van der Waals surface area contributed by atoms with E-state index in [-0.39, 0.29) is 22.3 Å². The number of nitrogens with zero attached hydrogens (tertiary/aromatic N) is 3. The molecule has 3 amide bonds. The fourth-order valence-electron chi connectivity index (χ4n) is 6.14. The molecule has 10 heteroatoms. The number of amides is 3. The standard InChI is InChI=1S/C29H23ClN4O5/c1-15-11-16(2)13-19(12-15)33-28(36)23-24(29(33)37)26(32-10-9-17-5-3-4-6-20(17)25(23)32)27(35)31-18-7-8-21(30)22(14-18)34(38)39/h3-14,23-26H,1-2H3,(H,31,35)/t23-,24+,25+,26+/m0/s1. The number of hydrogen-bond donors (Lipinski definition) is 1. The Morgan fingerprint density at radius 1 is 0.974 bits per heavy atom. The van der Waals surface area contributed by atoms with Gasteiger partial charge < -0.3 is 10.2 Å². The molecule has 9 nitrogen and oxygen atoms in total. The molecule has 0 aliphatic carbocycles. The topological polar surface area (TPSA) is 113 Å². The molecule has 3 aliphatic heterocycles. The van der Waals surface area contributed by atoms with Crippen LogP contribution in [0.2, 0.25) is 5.02 Å². The first-order chi connectivity index (χ1) is 18.7. The SMILES string of the molecule is Cc1cc(C)cc(N2C(=O)[C@@H]3[C@H](C2=O)[C@H]2c4ccccc4C=CN2[C@H]3C(=O)Nc2ccc(Cl)c([N+](=O)[O-])c2)c1. The lowest BCUT2D eigenvalue weighted by Gasteiger charge is -2.35. The highest BCUT2D eigenvalue weighted by Gasteiger charge is 2.64. The van der Waals surface area contributed by atoms with Crippen LogP contribution in [0.5, 0.6) is 0 Å². The number of benzene rings is 3. The van der Waals surface area contributed by atoms with Gasteiger partial charge in [-0.05, 0) is 66.4 Å². The molecule has 2 saturated heterocycles. The van der Waals surface area contributed by atoms with Gasteiger partial charge >= 0.3 is 0 Å². The Morgan fingerprint density at radius 2 is 1.67 bits per heavy atom. The second kappa shape index (κ2) is 9.06. The summed E-state index contributed by atoms with van der Waals surface area (Å²) in [5, 5.41) is 14.0. The number of fused-ring (bicyclic) bond motifs is 5. The lowest BCUT2D eigenvalue weighted by Crippen LogP contribution is -2.46. The molecule has 6 rings (SSSR count). The fraction of sp³-hybridized carbons (Fsp3) is 0.207. The Balaban J connectivity index is 1.43. The summed E-state index contributed by atoms with van der Waals surface area (Å²) in [4.78, 5) is 55.5. The van der Waals surface area contributed by atoms with Gasteiger partial charge in [0.25, 0.3) is 5.69 Å². The molecule has 0 radical (unpaired) electrons. The van der Waals surface area contributed by atoms with Crippen LogP contribution in [0.4, 0.5) is 17.1 Å². The van der Waals surface area contributed by atoms with Crippen LogP contribution in [-0.4, -0.2) is 33.6 Å². The minimum atomic E-state index is -1.02. The van der Waals surface area contributed by atoms with Crippen molar-refractivity contribution in [2.45, 2.75) is 25.9 Å². The average molecular weight is 543 g/mol. The van der Waals surface area contributed by atoms with E-state index in [9.17, 15) is 24.5 Å². The second-order valence-electron chi connectivity index (χ2n) is 10.1. The number of nitrogens with one attached hydrogen (secondary N) is 1. The molecule has 1 N–H and O–H groups in total. The smallest absolute Gasteiger partial charge is 0.289 e. The zero-order valence-corrected chi connectivity index (χ0v) is 21.8. The summed E-state index contributed by atoms with van der Waals surface area (Å²) in [6, 6.07) is 15.6. The molecule has 39 heavy (non-hydrogen) atoms. The highest BCUT2D eigenvalue weighted by molar-refractivity contribution is 6.32. The third kappa shape index (κ3) is 3.88. The van der Waals surface area contributed by atoms with Gasteiger partial charge in [0.2, 0.25) is 17.7 Å². The van der Waals surface area contributed by atoms with Crippen LogP contribution < -0.4 is 10.2 Å². The number of carbonyl (C=O) groups excluding carboxylic acids is 3. The van der Waals surface area contributed by atoms with Crippen LogP contribution in [0.25, 0.3) is 6.08 Å². The Morgan fingerprint density at radius 3 is 2.38 bits per heavy atom. The van der Waals surface area contributed by atoms with Crippen LogP contribution in [0.1, 0.15) is 28.3 Å². The number of nitro groups is 1. The first-order valence-corrected chi connectivity index (χ1v) is 12.8. The number of halogens is 1. The van der Waals surface area contributed by atoms with Gasteiger partial charge in [-0.2, -0.15) is 0 Å². The first-order valence-electron chi connectivity index (χ1n) is 12.4. The lowest BCUT2D eigenvalue weighted by atomic mass is 9.84. The summed E-state index contributed by atoms with van der Waals surface area (Å²) in [6.07, 6.45) is 3.61. The Hall–Kier alpha value is -4.50. The lowest BCUT2D eigenvalue weighted by molar-refractivity contribution is -0.384. The Labute approximate surface area is 228 Å². The number of rotatable bonds is 4. The minimum Gasteiger partial charge on any atom is -0.357 e. The van der Waals surface area contributed by atoms with Crippen LogP contribution in [0, 0.1) is 35.8 Å². The molecule has 2 fully saturated rings. The van der Waals surface area contributed by atoms with Gasteiger partial charge in [-0.15, -0.1) is 0 Å². The van der Waals surface area contributed by atoms with E-state index < -0.39 is 40.7 Å². The van der Waals surface area contributed by atoms with Crippen molar-refractivity contribution in [3.8, 4) is 0 Å². The van der Waals surface area contributed by atoms with E-state index in [1.807, 2.05) is 50.3 Å². The molecule has 3 aromatic rings. The number of carbonyl (C=O) groups is 3. The Bertz CT molecular complexity index is 1600. The molecule has 0 unspecified atom stereocenters. The van der Waals surface area contributed by atoms with Crippen molar-refractivity contribution in [2.24, 2.45) is 11.8 Å². The third-order valence-corrected chi connectivity index (χ3v) is 7.92. The molecule has 0 aromatic heterocycles. The maximum atomic E-state index is 14.0.